The third kappa shape index (κ3) is 3.03. The van der Waals surface area contributed by atoms with Gasteiger partial charge in [0.05, 0.1) is 19.3 Å². The summed E-state index contributed by atoms with van der Waals surface area (Å²) in [4.78, 5) is 11.2. The number of fused-ring (bicyclic) bond motifs is 2. The fourth-order valence-corrected chi connectivity index (χ4v) is 4.29. The lowest BCUT2D eigenvalue weighted by Crippen LogP contribution is -2.56. The summed E-state index contributed by atoms with van der Waals surface area (Å²) in [6.07, 6.45) is 6.27. The van der Waals surface area contributed by atoms with Crippen LogP contribution >= 0.6 is 0 Å². The minimum Gasteiger partial charge on any atom is -0.465 e. The minimum atomic E-state index is -0.195. The topological polar surface area (TPSA) is 35.5 Å². The second-order valence-electron chi connectivity index (χ2n) is 7.02. The Balaban J connectivity index is 2.23. The monoisotopic (exact) mass is 294 g/mol. The maximum Gasteiger partial charge on any atom is 0.302 e. The van der Waals surface area contributed by atoms with Gasteiger partial charge in [-0.15, -0.1) is 0 Å². The Kier molecular flexibility index (Phi) is 5.13. The molecule has 1 saturated heterocycles. The molecule has 1 fully saturated rings. The number of unbranched alkanes of at least 4 members (excludes halogenated alkanes) is 1. The highest BCUT2D eigenvalue weighted by Gasteiger charge is 2.53. The van der Waals surface area contributed by atoms with Crippen LogP contribution in [0, 0.1) is 23.2 Å². The number of hydrogen-bond acceptors (Lipinski definition) is 3. The molecule has 120 valence electrons. The fourth-order valence-electron chi connectivity index (χ4n) is 4.29. The van der Waals surface area contributed by atoms with Crippen molar-refractivity contribution in [3.05, 3.63) is 11.6 Å². The van der Waals surface area contributed by atoms with Crippen LogP contribution < -0.4 is 0 Å². The van der Waals surface area contributed by atoms with Crippen molar-refractivity contribution in [1.82, 2.24) is 0 Å². The standard InChI is InChI=1S/C18H30O3/c1-6-7-8-16-17-12(2)9-13(3)18(11-21-16,14(17)4)10-20-15(5)19/h9,13-14,16-17H,6-8,10-11H2,1-5H3/t13-,14+,16-,17-,18-/m1/s1. The summed E-state index contributed by atoms with van der Waals surface area (Å²) in [5.41, 5.74) is 1.40. The number of hydrogen-bond donors (Lipinski definition) is 0. The van der Waals surface area contributed by atoms with Crippen LogP contribution in [0.4, 0.5) is 0 Å². The lowest BCUT2D eigenvalue weighted by atomic mass is 9.56. The molecule has 0 amide bonds. The summed E-state index contributed by atoms with van der Waals surface area (Å²) in [7, 11) is 0. The van der Waals surface area contributed by atoms with E-state index in [0.29, 0.717) is 37.1 Å². The van der Waals surface area contributed by atoms with Crippen molar-refractivity contribution in [1.29, 1.82) is 0 Å². The first kappa shape index (κ1) is 16.5. The molecule has 0 radical (unpaired) electrons. The van der Waals surface area contributed by atoms with Crippen molar-refractivity contribution in [2.75, 3.05) is 13.2 Å². The van der Waals surface area contributed by atoms with Crippen molar-refractivity contribution >= 4 is 5.97 Å². The van der Waals surface area contributed by atoms with E-state index in [-0.39, 0.29) is 11.4 Å². The smallest absolute Gasteiger partial charge is 0.302 e. The Morgan fingerprint density at radius 1 is 1.48 bits per heavy atom. The van der Waals surface area contributed by atoms with Crippen LogP contribution in [0.3, 0.4) is 0 Å². The first-order valence-corrected chi connectivity index (χ1v) is 8.35. The van der Waals surface area contributed by atoms with Crippen LogP contribution in [0.25, 0.3) is 0 Å². The van der Waals surface area contributed by atoms with Gasteiger partial charge in [-0.1, -0.05) is 45.3 Å². The number of ether oxygens (including phenoxy) is 2. The van der Waals surface area contributed by atoms with Crippen LogP contribution in [0.1, 0.15) is 53.9 Å². The molecule has 0 aromatic carbocycles. The zero-order chi connectivity index (χ0) is 15.6. The predicted molar refractivity (Wildman–Crippen MR) is 83.9 cm³/mol. The molecule has 0 spiro atoms. The SMILES string of the molecule is CCCC[C@H]1OC[C@]2(COC(C)=O)[C@H](C)C=C(C)[C@@H]1[C@@H]2C. The van der Waals surface area contributed by atoms with E-state index in [4.69, 9.17) is 9.47 Å². The Bertz CT molecular complexity index is 415. The summed E-state index contributed by atoms with van der Waals surface area (Å²) < 4.78 is 11.7. The first-order chi connectivity index (χ1) is 9.92. The summed E-state index contributed by atoms with van der Waals surface area (Å²) >= 11 is 0. The van der Waals surface area contributed by atoms with E-state index in [9.17, 15) is 4.79 Å². The predicted octanol–water partition coefficient (Wildman–Crippen LogP) is 3.97. The van der Waals surface area contributed by atoms with Crippen LogP contribution in [-0.4, -0.2) is 25.3 Å². The number of allylic oxidation sites excluding steroid dienone is 1. The second kappa shape index (κ2) is 6.51. The fraction of sp³-hybridized carbons (Fsp3) is 0.833. The Morgan fingerprint density at radius 2 is 2.19 bits per heavy atom. The van der Waals surface area contributed by atoms with E-state index in [1.54, 1.807) is 0 Å². The van der Waals surface area contributed by atoms with Gasteiger partial charge in [0.1, 0.15) is 0 Å². The molecule has 2 bridgehead atoms. The molecular formula is C18H30O3. The average molecular weight is 294 g/mol. The summed E-state index contributed by atoms with van der Waals surface area (Å²) in [6.45, 7) is 11.7. The van der Waals surface area contributed by atoms with Crippen molar-refractivity contribution in [2.45, 2.75) is 60.0 Å². The van der Waals surface area contributed by atoms with E-state index in [0.717, 1.165) is 6.42 Å². The summed E-state index contributed by atoms with van der Waals surface area (Å²) in [5.74, 6) is 1.15. The molecule has 1 heterocycles. The van der Waals surface area contributed by atoms with Crippen molar-refractivity contribution < 1.29 is 14.3 Å². The van der Waals surface area contributed by atoms with Gasteiger partial charge in [0.2, 0.25) is 0 Å². The van der Waals surface area contributed by atoms with Gasteiger partial charge in [0.25, 0.3) is 0 Å². The van der Waals surface area contributed by atoms with Crippen molar-refractivity contribution in [3.8, 4) is 0 Å². The highest BCUT2D eigenvalue weighted by atomic mass is 16.5. The minimum absolute atomic E-state index is 0.0570. The van der Waals surface area contributed by atoms with Gasteiger partial charge in [-0.2, -0.15) is 0 Å². The van der Waals surface area contributed by atoms with Crippen molar-refractivity contribution in [2.24, 2.45) is 23.2 Å². The zero-order valence-electron chi connectivity index (χ0n) is 14.1. The molecule has 2 aliphatic rings. The quantitative estimate of drug-likeness (QED) is 0.568. The molecule has 3 heteroatoms. The van der Waals surface area contributed by atoms with E-state index in [1.807, 2.05) is 0 Å². The van der Waals surface area contributed by atoms with Crippen LogP contribution in [0.2, 0.25) is 0 Å². The maximum atomic E-state index is 11.2. The Hall–Kier alpha value is -0.830. The van der Waals surface area contributed by atoms with Crippen LogP contribution in [0.5, 0.6) is 0 Å². The number of rotatable bonds is 5. The third-order valence-electron chi connectivity index (χ3n) is 5.74. The first-order valence-electron chi connectivity index (χ1n) is 8.35. The lowest BCUT2D eigenvalue weighted by molar-refractivity contribution is -0.180. The number of esters is 1. The van der Waals surface area contributed by atoms with Gasteiger partial charge >= 0.3 is 5.97 Å². The number of carbonyl (C=O) groups excluding carboxylic acids is 1. The molecule has 2 rings (SSSR count). The number of carbonyl (C=O) groups is 1. The Morgan fingerprint density at radius 3 is 2.81 bits per heavy atom. The summed E-state index contributed by atoms with van der Waals surface area (Å²) in [6, 6.07) is 0. The Labute approximate surface area is 129 Å². The average Bonchev–Trinajstić information content (AvgIpc) is 2.42. The van der Waals surface area contributed by atoms with E-state index in [1.165, 1.54) is 25.3 Å². The maximum absolute atomic E-state index is 11.2. The zero-order valence-corrected chi connectivity index (χ0v) is 14.1. The molecule has 1 aliphatic heterocycles. The second-order valence-corrected chi connectivity index (χ2v) is 7.02. The third-order valence-corrected chi connectivity index (χ3v) is 5.74. The van der Waals surface area contributed by atoms with Gasteiger partial charge in [0.15, 0.2) is 0 Å². The van der Waals surface area contributed by atoms with Gasteiger partial charge in [-0.3, -0.25) is 4.79 Å². The molecule has 0 aromatic heterocycles. The molecule has 0 unspecified atom stereocenters. The van der Waals surface area contributed by atoms with Crippen LogP contribution in [-0.2, 0) is 14.3 Å². The molecule has 3 nitrogen and oxygen atoms in total. The molecule has 21 heavy (non-hydrogen) atoms. The van der Waals surface area contributed by atoms with E-state index >= 15 is 0 Å². The van der Waals surface area contributed by atoms with Gasteiger partial charge < -0.3 is 9.47 Å². The van der Waals surface area contributed by atoms with Crippen molar-refractivity contribution in [3.63, 3.8) is 0 Å². The lowest BCUT2D eigenvalue weighted by Gasteiger charge is -2.55. The highest BCUT2D eigenvalue weighted by Crippen LogP contribution is 2.53. The molecule has 1 aliphatic carbocycles. The van der Waals surface area contributed by atoms with E-state index < -0.39 is 0 Å². The largest absolute Gasteiger partial charge is 0.465 e. The van der Waals surface area contributed by atoms with Crippen LogP contribution in [0.15, 0.2) is 11.6 Å². The molecular weight excluding hydrogens is 264 g/mol. The molecule has 0 aromatic rings. The normalized spacial score (nSPS) is 38.8. The molecule has 0 saturated carbocycles. The molecule has 5 atom stereocenters. The van der Waals surface area contributed by atoms with Gasteiger partial charge in [0, 0.05) is 18.3 Å². The van der Waals surface area contributed by atoms with Gasteiger partial charge in [-0.25, -0.2) is 0 Å². The van der Waals surface area contributed by atoms with E-state index in [2.05, 4.69) is 33.8 Å². The highest BCUT2D eigenvalue weighted by molar-refractivity contribution is 5.65. The molecule has 0 N–H and O–H groups in total. The van der Waals surface area contributed by atoms with Gasteiger partial charge in [-0.05, 0) is 25.2 Å². The summed E-state index contributed by atoms with van der Waals surface area (Å²) in [5, 5.41) is 0.